The van der Waals surface area contributed by atoms with E-state index < -0.39 is 0 Å². The first-order valence-electron chi connectivity index (χ1n) is 5.56. The minimum absolute atomic E-state index is 0.0204. The summed E-state index contributed by atoms with van der Waals surface area (Å²) in [4.78, 5) is 19.4. The Morgan fingerprint density at radius 3 is 3.05 bits per heavy atom. The second kappa shape index (κ2) is 6.18. The molecule has 0 aromatic carbocycles. The third kappa shape index (κ3) is 3.55. The molecule has 0 aliphatic rings. The molecule has 1 amide bonds. The number of thiazole rings is 1. The number of carbonyl (C=O) groups is 1. The Hall–Kier alpha value is -1.38. The first kappa shape index (κ1) is 14.0. The lowest BCUT2D eigenvalue weighted by atomic mass is 10.5. The molecule has 0 aliphatic carbocycles. The number of aromatic nitrogens is 3. The summed E-state index contributed by atoms with van der Waals surface area (Å²) in [7, 11) is 1.87. The Labute approximate surface area is 118 Å². The number of carbonyl (C=O) groups excluding carboxylic acids is 1. The van der Waals surface area contributed by atoms with Gasteiger partial charge in [0.2, 0.25) is 5.91 Å². The first-order chi connectivity index (χ1) is 9.10. The van der Waals surface area contributed by atoms with Crippen LogP contribution in [0.3, 0.4) is 0 Å². The Morgan fingerprint density at radius 1 is 1.63 bits per heavy atom. The minimum Gasteiger partial charge on any atom is -0.390 e. The van der Waals surface area contributed by atoms with Gasteiger partial charge in [0.15, 0.2) is 10.3 Å². The van der Waals surface area contributed by atoms with Crippen molar-refractivity contribution in [3.8, 4) is 0 Å². The first-order valence-corrected chi connectivity index (χ1v) is 7.43. The third-order valence-electron chi connectivity index (χ3n) is 2.39. The average molecular weight is 298 g/mol. The number of nitrogens with one attached hydrogen (secondary N) is 1. The highest BCUT2D eigenvalue weighted by molar-refractivity contribution is 7.98. The Bertz CT molecular complexity index is 579. The number of nitrogens with zero attached hydrogens (tertiary/aromatic N) is 3. The fourth-order valence-electron chi connectivity index (χ4n) is 1.43. The Balaban J connectivity index is 1.96. The predicted octanol–water partition coefficient (Wildman–Crippen LogP) is 1.62. The van der Waals surface area contributed by atoms with Crippen LogP contribution in [0.1, 0.15) is 18.3 Å². The molecule has 2 rings (SSSR count). The lowest BCUT2D eigenvalue weighted by Crippen LogP contribution is -2.05. The van der Waals surface area contributed by atoms with E-state index in [9.17, 15) is 4.79 Å². The van der Waals surface area contributed by atoms with E-state index in [0.717, 1.165) is 16.5 Å². The topological polar surface area (TPSA) is 80.0 Å². The molecule has 0 aliphatic heterocycles. The fraction of sp³-hybridized carbons (Fsp3) is 0.364. The molecule has 8 heteroatoms. The molecule has 0 unspecified atom stereocenters. The third-order valence-corrected chi connectivity index (χ3v) is 4.27. The van der Waals surface area contributed by atoms with Gasteiger partial charge in [-0.15, -0.1) is 11.3 Å². The predicted molar refractivity (Wildman–Crippen MR) is 75.1 cm³/mol. The summed E-state index contributed by atoms with van der Waals surface area (Å²) >= 11 is 2.94. The maximum atomic E-state index is 10.9. The zero-order chi connectivity index (χ0) is 13.8. The summed E-state index contributed by atoms with van der Waals surface area (Å²) in [6.45, 7) is 1.44. The van der Waals surface area contributed by atoms with Crippen LogP contribution in [0.5, 0.6) is 0 Å². The quantitative estimate of drug-likeness (QED) is 0.820. The molecule has 0 bridgehead atoms. The molecule has 2 aromatic rings. The van der Waals surface area contributed by atoms with Crippen molar-refractivity contribution in [3.05, 3.63) is 23.0 Å². The monoisotopic (exact) mass is 298 g/mol. The fourth-order valence-corrected chi connectivity index (χ4v) is 3.15. The minimum atomic E-state index is -0.120. The van der Waals surface area contributed by atoms with Crippen molar-refractivity contribution in [2.45, 2.75) is 24.4 Å². The summed E-state index contributed by atoms with van der Waals surface area (Å²) in [5.74, 6) is 0.552. The van der Waals surface area contributed by atoms with Crippen LogP contribution in [0.4, 0.5) is 5.13 Å². The molecule has 0 radical (unpaired) electrons. The molecule has 6 nitrogen and oxygen atoms in total. The number of hydrogen-bond acceptors (Lipinski definition) is 6. The van der Waals surface area contributed by atoms with Gasteiger partial charge in [0, 0.05) is 25.1 Å². The number of anilines is 1. The summed E-state index contributed by atoms with van der Waals surface area (Å²) in [5, 5.41) is 15.1. The molecule has 0 spiro atoms. The molecule has 102 valence electrons. The Morgan fingerprint density at radius 2 is 2.42 bits per heavy atom. The number of rotatable bonds is 5. The molecule has 2 heterocycles. The van der Waals surface area contributed by atoms with Gasteiger partial charge in [-0.3, -0.25) is 4.79 Å². The zero-order valence-corrected chi connectivity index (χ0v) is 12.2. The number of thioether (sulfide) groups is 1. The van der Waals surface area contributed by atoms with Crippen LogP contribution in [0.15, 0.2) is 16.7 Å². The number of hydrogen-bond donors (Lipinski definition) is 2. The van der Waals surface area contributed by atoms with Crippen molar-refractivity contribution in [2.75, 3.05) is 5.32 Å². The van der Waals surface area contributed by atoms with E-state index in [4.69, 9.17) is 5.11 Å². The van der Waals surface area contributed by atoms with Crippen LogP contribution in [-0.4, -0.2) is 25.5 Å². The van der Waals surface area contributed by atoms with E-state index in [0.29, 0.717) is 10.9 Å². The van der Waals surface area contributed by atoms with Gasteiger partial charge in [-0.1, -0.05) is 11.8 Å². The van der Waals surface area contributed by atoms with Gasteiger partial charge >= 0.3 is 0 Å². The summed E-state index contributed by atoms with van der Waals surface area (Å²) in [6, 6.07) is 0. The highest BCUT2D eigenvalue weighted by atomic mass is 32.2. The van der Waals surface area contributed by atoms with Crippen LogP contribution >= 0.6 is 23.1 Å². The largest absolute Gasteiger partial charge is 0.390 e. The van der Waals surface area contributed by atoms with Crippen molar-refractivity contribution in [1.29, 1.82) is 0 Å². The SMILES string of the molecule is CC(=O)Nc1nc(CSc2ncc(CO)n2C)cs1. The van der Waals surface area contributed by atoms with Crippen LogP contribution in [0.25, 0.3) is 0 Å². The summed E-state index contributed by atoms with van der Waals surface area (Å²) in [6.07, 6.45) is 1.66. The van der Waals surface area contributed by atoms with Gasteiger partial charge in [0.25, 0.3) is 0 Å². The van der Waals surface area contributed by atoms with Gasteiger partial charge in [-0.05, 0) is 0 Å². The number of amides is 1. The molecular formula is C11H14N4O2S2. The van der Waals surface area contributed by atoms with Crippen molar-refractivity contribution in [1.82, 2.24) is 14.5 Å². The number of aliphatic hydroxyl groups excluding tert-OH is 1. The lowest BCUT2D eigenvalue weighted by Gasteiger charge is -2.02. The average Bonchev–Trinajstić information content (AvgIpc) is 2.93. The van der Waals surface area contributed by atoms with Gasteiger partial charge in [-0.2, -0.15) is 0 Å². The highest BCUT2D eigenvalue weighted by Crippen LogP contribution is 2.24. The lowest BCUT2D eigenvalue weighted by molar-refractivity contribution is -0.114. The van der Waals surface area contributed by atoms with E-state index in [1.165, 1.54) is 18.3 Å². The Kier molecular flexibility index (Phi) is 4.56. The van der Waals surface area contributed by atoms with Crippen molar-refractivity contribution >= 4 is 34.1 Å². The number of aliphatic hydroxyl groups is 1. The second-order valence-corrected chi connectivity index (χ2v) is 5.66. The van der Waals surface area contributed by atoms with E-state index >= 15 is 0 Å². The molecule has 2 aromatic heterocycles. The number of imidazole rings is 1. The molecule has 0 saturated carbocycles. The standard InChI is InChI=1S/C11H14N4O2S2/c1-7(17)13-10-14-8(5-18-10)6-19-11-12-3-9(4-16)15(11)2/h3,5,16H,4,6H2,1-2H3,(H,13,14,17). The summed E-state index contributed by atoms with van der Waals surface area (Å²) in [5.41, 5.74) is 1.67. The zero-order valence-electron chi connectivity index (χ0n) is 10.6. The maximum Gasteiger partial charge on any atom is 0.223 e. The van der Waals surface area contributed by atoms with E-state index in [1.54, 1.807) is 18.0 Å². The van der Waals surface area contributed by atoms with Crippen molar-refractivity contribution in [2.24, 2.45) is 7.05 Å². The second-order valence-electron chi connectivity index (χ2n) is 3.86. The van der Waals surface area contributed by atoms with Crippen LogP contribution in [-0.2, 0) is 24.2 Å². The van der Waals surface area contributed by atoms with E-state index in [-0.39, 0.29) is 12.5 Å². The molecule has 0 saturated heterocycles. The maximum absolute atomic E-state index is 10.9. The van der Waals surface area contributed by atoms with E-state index in [2.05, 4.69) is 15.3 Å². The van der Waals surface area contributed by atoms with Gasteiger partial charge in [-0.25, -0.2) is 9.97 Å². The van der Waals surface area contributed by atoms with Crippen molar-refractivity contribution < 1.29 is 9.90 Å². The smallest absolute Gasteiger partial charge is 0.223 e. The van der Waals surface area contributed by atoms with Gasteiger partial charge in [0.05, 0.1) is 24.2 Å². The molecule has 0 atom stereocenters. The van der Waals surface area contributed by atoms with E-state index in [1.807, 2.05) is 17.0 Å². The van der Waals surface area contributed by atoms with Crippen molar-refractivity contribution in [3.63, 3.8) is 0 Å². The normalized spacial score (nSPS) is 10.7. The highest BCUT2D eigenvalue weighted by Gasteiger charge is 2.08. The van der Waals surface area contributed by atoms with Crippen LogP contribution in [0, 0.1) is 0 Å². The van der Waals surface area contributed by atoms with Gasteiger partial charge < -0.3 is 15.0 Å². The molecular weight excluding hydrogens is 284 g/mol. The molecule has 0 fully saturated rings. The van der Waals surface area contributed by atoms with Crippen LogP contribution in [0.2, 0.25) is 0 Å². The van der Waals surface area contributed by atoms with Gasteiger partial charge in [0.1, 0.15) is 0 Å². The molecule has 19 heavy (non-hydrogen) atoms. The molecule has 2 N–H and O–H groups in total. The van der Waals surface area contributed by atoms with Crippen LogP contribution < -0.4 is 5.32 Å². The summed E-state index contributed by atoms with van der Waals surface area (Å²) < 4.78 is 1.85.